The average Bonchev–Trinajstić information content (AvgIpc) is 3.27. The normalized spacial score (nSPS) is 24.1. The quantitative estimate of drug-likeness (QED) is 0.799. The van der Waals surface area contributed by atoms with Gasteiger partial charge in [-0.15, -0.1) is 0 Å². The minimum Gasteiger partial charge on any atom is -0.467 e. The molecule has 132 valence electrons. The molecular weight excluding hydrogens is 308 g/mol. The molecular formula is C18H26N2O4. The van der Waals surface area contributed by atoms with Crippen LogP contribution < -0.4 is 0 Å². The average molecular weight is 334 g/mol. The minimum atomic E-state index is -0.267. The Hall–Kier alpha value is -1.82. The Morgan fingerprint density at radius 3 is 2.88 bits per heavy atom. The zero-order valence-corrected chi connectivity index (χ0v) is 14.4. The van der Waals surface area contributed by atoms with E-state index in [1.807, 2.05) is 26.0 Å². The molecule has 2 aliphatic rings. The highest BCUT2D eigenvalue weighted by Crippen LogP contribution is 2.24. The summed E-state index contributed by atoms with van der Waals surface area (Å²) in [4.78, 5) is 28.7. The van der Waals surface area contributed by atoms with Crippen LogP contribution in [-0.2, 0) is 20.9 Å². The van der Waals surface area contributed by atoms with Gasteiger partial charge < -0.3 is 19.0 Å². The van der Waals surface area contributed by atoms with Gasteiger partial charge in [0.25, 0.3) is 0 Å². The molecule has 0 N–H and O–H groups in total. The topological polar surface area (TPSA) is 63.0 Å². The standard InChI is InChI=1S/C18H26N2O4/c1-13(2)20-10-14(9-17(20)21)18(22)19(11-15-5-3-7-23-15)12-16-6-4-8-24-16/h3,5,7,13-14,16H,4,6,8-12H2,1-2H3. The van der Waals surface area contributed by atoms with E-state index in [0.29, 0.717) is 26.1 Å². The van der Waals surface area contributed by atoms with Crippen molar-refractivity contribution in [3.8, 4) is 0 Å². The summed E-state index contributed by atoms with van der Waals surface area (Å²) in [5.41, 5.74) is 0. The van der Waals surface area contributed by atoms with Crippen LogP contribution in [0, 0.1) is 5.92 Å². The Morgan fingerprint density at radius 1 is 1.46 bits per heavy atom. The summed E-state index contributed by atoms with van der Waals surface area (Å²) in [6.45, 7) is 6.23. The summed E-state index contributed by atoms with van der Waals surface area (Å²) in [6.07, 6.45) is 4.02. The van der Waals surface area contributed by atoms with Crippen molar-refractivity contribution in [3.63, 3.8) is 0 Å². The SMILES string of the molecule is CC(C)N1CC(C(=O)N(Cc2ccco2)CC2CCCO2)CC1=O. The number of nitrogens with zero attached hydrogens (tertiary/aromatic N) is 2. The van der Waals surface area contributed by atoms with Crippen molar-refractivity contribution in [1.82, 2.24) is 9.80 Å². The van der Waals surface area contributed by atoms with Gasteiger partial charge in [0.05, 0.1) is 24.8 Å². The van der Waals surface area contributed by atoms with Crippen LogP contribution in [0.3, 0.4) is 0 Å². The fourth-order valence-electron chi connectivity index (χ4n) is 3.51. The molecule has 2 aliphatic heterocycles. The highest BCUT2D eigenvalue weighted by Gasteiger charge is 2.38. The second-order valence-corrected chi connectivity index (χ2v) is 6.97. The molecule has 0 bridgehead atoms. The zero-order valence-electron chi connectivity index (χ0n) is 14.4. The molecule has 1 aromatic rings. The molecule has 3 heterocycles. The van der Waals surface area contributed by atoms with Crippen molar-refractivity contribution in [3.05, 3.63) is 24.2 Å². The Labute approximate surface area is 142 Å². The third-order valence-corrected chi connectivity index (χ3v) is 4.82. The maximum atomic E-state index is 13.0. The summed E-state index contributed by atoms with van der Waals surface area (Å²) in [7, 11) is 0. The third-order valence-electron chi connectivity index (χ3n) is 4.82. The lowest BCUT2D eigenvalue weighted by atomic mass is 10.1. The van der Waals surface area contributed by atoms with Crippen molar-refractivity contribution in [2.24, 2.45) is 5.92 Å². The second-order valence-electron chi connectivity index (χ2n) is 6.97. The molecule has 6 nitrogen and oxygen atoms in total. The van der Waals surface area contributed by atoms with Gasteiger partial charge in [0, 0.05) is 32.2 Å². The van der Waals surface area contributed by atoms with Gasteiger partial charge in [-0.3, -0.25) is 9.59 Å². The summed E-state index contributed by atoms with van der Waals surface area (Å²) in [5.74, 6) is 0.583. The molecule has 3 rings (SSSR count). The molecule has 24 heavy (non-hydrogen) atoms. The van der Waals surface area contributed by atoms with E-state index >= 15 is 0 Å². The van der Waals surface area contributed by atoms with Gasteiger partial charge >= 0.3 is 0 Å². The fourth-order valence-corrected chi connectivity index (χ4v) is 3.51. The first-order chi connectivity index (χ1) is 11.5. The highest BCUT2D eigenvalue weighted by molar-refractivity contribution is 5.89. The van der Waals surface area contributed by atoms with E-state index in [9.17, 15) is 9.59 Å². The Kier molecular flexibility index (Phi) is 5.23. The largest absolute Gasteiger partial charge is 0.467 e. The van der Waals surface area contributed by atoms with Crippen LogP contribution >= 0.6 is 0 Å². The molecule has 2 atom stereocenters. The van der Waals surface area contributed by atoms with Crippen LogP contribution in [0.4, 0.5) is 0 Å². The van der Waals surface area contributed by atoms with E-state index in [0.717, 1.165) is 25.2 Å². The Balaban J connectivity index is 1.69. The van der Waals surface area contributed by atoms with Gasteiger partial charge in [0.1, 0.15) is 5.76 Å². The number of furan rings is 1. The molecule has 6 heteroatoms. The smallest absolute Gasteiger partial charge is 0.228 e. The Morgan fingerprint density at radius 2 is 2.29 bits per heavy atom. The predicted molar refractivity (Wildman–Crippen MR) is 88.1 cm³/mol. The lowest BCUT2D eigenvalue weighted by molar-refractivity contribution is -0.138. The second kappa shape index (κ2) is 7.38. The van der Waals surface area contributed by atoms with Crippen molar-refractivity contribution in [2.75, 3.05) is 19.7 Å². The van der Waals surface area contributed by atoms with Crippen LogP contribution in [0.25, 0.3) is 0 Å². The van der Waals surface area contributed by atoms with Gasteiger partial charge in [-0.1, -0.05) is 0 Å². The molecule has 0 aliphatic carbocycles. The summed E-state index contributed by atoms with van der Waals surface area (Å²) in [5, 5.41) is 0. The monoisotopic (exact) mass is 334 g/mol. The molecule has 0 spiro atoms. The molecule has 1 aromatic heterocycles. The van der Waals surface area contributed by atoms with Crippen LogP contribution in [0.1, 0.15) is 38.9 Å². The van der Waals surface area contributed by atoms with E-state index in [-0.39, 0.29) is 29.9 Å². The maximum absolute atomic E-state index is 13.0. The van der Waals surface area contributed by atoms with E-state index in [1.54, 1.807) is 16.1 Å². The lowest BCUT2D eigenvalue weighted by Crippen LogP contribution is -2.41. The number of carbonyl (C=O) groups excluding carboxylic acids is 2. The fraction of sp³-hybridized carbons (Fsp3) is 0.667. The molecule has 2 saturated heterocycles. The van der Waals surface area contributed by atoms with E-state index in [2.05, 4.69) is 0 Å². The molecule has 0 radical (unpaired) electrons. The van der Waals surface area contributed by atoms with Gasteiger partial charge in [0.15, 0.2) is 0 Å². The molecule has 0 saturated carbocycles. The zero-order chi connectivity index (χ0) is 17.1. The van der Waals surface area contributed by atoms with Crippen LogP contribution in [0.5, 0.6) is 0 Å². The van der Waals surface area contributed by atoms with Gasteiger partial charge in [-0.2, -0.15) is 0 Å². The van der Waals surface area contributed by atoms with Crippen LogP contribution in [-0.4, -0.2) is 53.5 Å². The van der Waals surface area contributed by atoms with Gasteiger partial charge in [0.2, 0.25) is 11.8 Å². The van der Waals surface area contributed by atoms with Gasteiger partial charge in [-0.05, 0) is 38.8 Å². The first-order valence-corrected chi connectivity index (χ1v) is 8.77. The van der Waals surface area contributed by atoms with Gasteiger partial charge in [-0.25, -0.2) is 0 Å². The summed E-state index contributed by atoms with van der Waals surface area (Å²) in [6, 6.07) is 3.83. The van der Waals surface area contributed by atoms with Crippen molar-refractivity contribution in [2.45, 2.75) is 51.8 Å². The molecule has 2 unspecified atom stereocenters. The van der Waals surface area contributed by atoms with Crippen LogP contribution in [0.15, 0.2) is 22.8 Å². The molecule has 2 fully saturated rings. The number of hydrogen-bond donors (Lipinski definition) is 0. The number of rotatable bonds is 6. The number of carbonyl (C=O) groups is 2. The number of hydrogen-bond acceptors (Lipinski definition) is 4. The predicted octanol–water partition coefficient (Wildman–Crippen LogP) is 2.04. The highest BCUT2D eigenvalue weighted by atomic mass is 16.5. The third kappa shape index (κ3) is 3.80. The Bertz CT molecular complexity index is 564. The first-order valence-electron chi connectivity index (χ1n) is 8.77. The minimum absolute atomic E-state index is 0.0263. The molecule has 0 aromatic carbocycles. The summed E-state index contributed by atoms with van der Waals surface area (Å²) < 4.78 is 11.1. The van der Waals surface area contributed by atoms with Crippen molar-refractivity contribution in [1.29, 1.82) is 0 Å². The number of amides is 2. The summed E-state index contributed by atoms with van der Waals surface area (Å²) >= 11 is 0. The first kappa shape index (κ1) is 17.0. The van der Waals surface area contributed by atoms with Crippen LogP contribution in [0.2, 0.25) is 0 Å². The maximum Gasteiger partial charge on any atom is 0.228 e. The number of likely N-dealkylation sites (tertiary alicyclic amines) is 1. The number of ether oxygens (including phenoxy) is 1. The van der Waals surface area contributed by atoms with E-state index in [4.69, 9.17) is 9.15 Å². The van der Waals surface area contributed by atoms with Crippen molar-refractivity contribution < 1.29 is 18.7 Å². The van der Waals surface area contributed by atoms with E-state index < -0.39 is 0 Å². The van der Waals surface area contributed by atoms with Crippen molar-refractivity contribution >= 4 is 11.8 Å². The van der Waals surface area contributed by atoms with E-state index in [1.165, 1.54) is 0 Å². The molecule has 2 amide bonds. The lowest BCUT2D eigenvalue weighted by Gasteiger charge is -2.27.